The smallest absolute Gasteiger partial charge is 0.253 e. The molecule has 1 aliphatic rings. The summed E-state index contributed by atoms with van der Waals surface area (Å²) in [5.74, 6) is -0.730. The highest BCUT2D eigenvalue weighted by atomic mass is 16.2. The number of primary amides is 1. The number of nitrogens with zero attached hydrogens (tertiary/aromatic N) is 2. The van der Waals surface area contributed by atoms with Crippen LogP contribution in [0.1, 0.15) is 43.6 Å². The molecule has 27 heavy (non-hydrogen) atoms. The lowest BCUT2D eigenvalue weighted by Crippen LogP contribution is -2.50. The lowest BCUT2D eigenvalue weighted by molar-refractivity contribution is 0.0535. The minimum absolute atomic E-state index is 0.0134. The van der Waals surface area contributed by atoms with Crippen LogP contribution in [0.4, 0.5) is 0 Å². The van der Waals surface area contributed by atoms with Crippen molar-refractivity contribution in [2.45, 2.75) is 13.3 Å². The fourth-order valence-electron chi connectivity index (χ4n) is 3.17. The summed E-state index contributed by atoms with van der Waals surface area (Å²) in [5, 5.41) is 0. The Morgan fingerprint density at radius 2 is 1.33 bits per heavy atom. The minimum Gasteiger partial charge on any atom is -0.366 e. The van der Waals surface area contributed by atoms with E-state index in [0.717, 1.165) is 6.42 Å². The van der Waals surface area contributed by atoms with Crippen LogP contribution in [0.5, 0.6) is 0 Å². The molecule has 3 amide bonds. The Morgan fingerprint density at radius 1 is 0.815 bits per heavy atom. The van der Waals surface area contributed by atoms with E-state index in [2.05, 4.69) is 6.92 Å². The number of amides is 3. The summed E-state index contributed by atoms with van der Waals surface area (Å²) in [6.45, 7) is 3.95. The van der Waals surface area contributed by atoms with Crippen LogP contribution in [0, 0.1) is 0 Å². The van der Waals surface area contributed by atoms with Crippen molar-refractivity contribution in [3.05, 3.63) is 70.8 Å². The molecule has 1 fully saturated rings. The highest BCUT2D eigenvalue weighted by Gasteiger charge is 2.25. The Bertz CT molecular complexity index is 853. The maximum atomic E-state index is 12.7. The minimum atomic E-state index is -0.561. The summed E-state index contributed by atoms with van der Waals surface area (Å²) in [6.07, 6.45) is 0.937. The highest BCUT2D eigenvalue weighted by molar-refractivity contribution is 5.99. The third-order valence-corrected chi connectivity index (χ3v) is 4.86. The number of rotatable bonds is 4. The van der Waals surface area contributed by atoms with E-state index in [9.17, 15) is 14.4 Å². The lowest BCUT2D eigenvalue weighted by atomic mass is 10.1. The Labute approximate surface area is 158 Å². The number of piperazine rings is 1. The van der Waals surface area contributed by atoms with Gasteiger partial charge >= 0.3 is 0 Å². The Balaban J connectivity index is 1.62. The van der Waals surface area contributed by atoms with Gasteiger partial charge in [-0.1, -0.05) is 25.1 Å². The van der Waals surface area contributed by atoms with Gasteiger partial charge in [0.15, 0.2) is 0 Å². The summed E-state index contributed by atoms with van der Waals surface area (Å²) in [6, 6.07) is 14.1. The molecular formula is C21H23N3O3. The average molecular weight is 365 g/mol. The molecule has 0 radical (unpaired) electrons. The molecule has 1 saturated heterocycles. The number of carbonyl (C=O) groups excluding carboxylic acids is 3. The Hall–Kier alpha value is -3.15. The summed E-state index contributed by atoms with van der Waals surface area (Å²) in [4.78, 5) is 40.1. The van der Waals surface area contributed by atoms with E-state index in [4.69, 9.17) is 5.73 Å². The fourth-order valence-corrected chi connectivity index (χ4v) is 3.17. The fraction of sp³-hybridized carbons (Fsp3) is 0.286. The Kier molecular flexibility index (Phi) is 5.54. The van der Waals surface area contributed by atoms with Crippen molar-refractivity contribution >= 4 is 17.7 Å². The van der Waals surface area contributed by atoms with Crippen molar-refractivity contribution in [2.75, 3.05) is 26.2 Å². The lowest BCUT2D eigenvalue weighted by Gasteiger charge is -2.35. The molecule has 0 saturated carbocycles. The van der Waals surface area contributed by atoms with Crippen molar-refractivity contribution in [3.63, 3.8) is 0 Å². The maximum Gasteiger partial charge on any atom is 0.253 e. The summed E-state index contributed by atoms with van der Waals surface area (Å²) < 4.78 is 0. The second-order valence-electron chi connectivity index (χ2n) is 6.58. The predicted octanol–water partition coefficient (Wildman–Crippen LogP) is 1.95. The van der Waals surface area contributed by atoms with E-state index < -0.39 is 5.91 Å². The summed E-state index contributed by atoms with van der Waals surface area (Å²) in [7, 11) is 0. The Morgan fingerprint density at radius 3 is 1.85 bits per heavy atom. The van der Waals surface area contributed by atoms with E-state index in [1.165, 1.54) is 11.6 Å². The molecule has 0 aliphatic carbocycles. The van der Waals surface area contributed by atoms with Gasteiger partial charge in [-0.05, 0) is 42.3 Å². The number of nitrogens with two attached hydrogens (primary N) is 1. The number of carbonyl (C=O) groups is 3. The number of hydrogen-bond acceptors (Lipinski definition) is 3. The predicted molar refractivity (Wildman–Crippen MR) is 103 cm³/mol. The largest absolute Gasteiger partial charge is 0.366 e. The second-order valence-corrected chi connectivity index (χ2v) is 6.58. The maximum absolute atomic E-state index is 12.7. The van der Waals surface area contributed by atoms with E-state index in [1.807, 2.05) is 24.3 Å². The molecule has 1 aliphatic heterocycles. The van der Waals surface area contributed by atoms with Crippen molar-refractivity contribution < 1.29 is 14.4 Å². The van der Waals surface area contributed by atoms with Gasteiger partial charge < -0.3 is 15.5 Å². The van der Waals surface area contributed by atoms with Crippen LogP contribution >= 0.6 is 0 Å². The van der Waals surface area contributed by atoms with Crippen LogP contribution in [0.3, 0.4) is 0 Å². The van der Waals surface area contributed by atoms with Crippen molar-refractivity contribution in [1.82, 2.24) is 9.80 Å². The van der Waals surface area contributed by atoms with Gasteiger partial charge in [-0.25, -0.2) is 0 Å². The highest BCUT2D eigenvalue weighted by Crippen LogP contribution is 2.14. The molecular weight excluding hydrogens is 342 g/mol. The molecule has 1 heterocycles. The first-order valence-electron chi connectivity index (χ1n) is 9.07. The van der Waals surface area contributed by atoms with E-state index >= 15 is 0 Å². The van der Waals surface area contributed by atoms with Gasteiger partial charge in [0.2, 0.25) is 5.91 Å². The van der Waals surface area contributed by atoms with Crippen LogP contribution in [0.15, 0.2) is 48.5 Å². The van der Waals surface area contributed by atoms with Gasteiger partial charge in [-0.3, -0.25) is 14.4 Å². The number of benzene rings is 2. The third kappa shape index (κ3) is 4.16. The van der Waals surface area contributed by atoms with Crippen molar-refractivity contribution in [1.29, 1.82) is 0 Å². The van der Waals surface area contributed by atoms with E-state index in [0.29, 0.717) is 42.9 Å². The molecule has 3 rings (SSSR count). The first-order valence-corrected chi connectivity index (χ1v) is 9.07. The van der Waals surface area contributed by atoms with Gasteiger partial charge in [-0.2, -0.15) is 0 Å². The molecule has 6 nitrogen and oxygen atoms in total. The standard InChI is InChI=1S/C21H23N3O3/c1-2-15-6-8-16(9-7-15)20(26)23-10-12-24(13-11-23)21(27)18-5-3-4-17(14-18)19(22)25/h3-9,14H,2,10-13H2,1H3,(H2,22,25). The van der Waals surface area contributed by atoms with Gasteiger partial charge in [0, 0.05) is 42.9 Å². The number of aryl methyl sites for hydroxylation is 1. The molecule has 0 atom stereocenters. The van der Waals surface area contributed by atoms with Crippen LogP contribution in [0.25, 0.3) is 0 Å². The molecule has 0 unspecified atom stereocenters. The first kappa shape index (κ1) is 18.6. The third-order valence-electron chi connectivity index (χ3n) is 4.86. The van der Waals surface area contributed by atoms with Crippen molar-refractivity contribution in [3.8, 4) is 0 Å². The zero-order chi connectivity index (χ0) is 19.4. The van der Waals surface area contributed by atoms with Gasteiger partial charge in [-0.15, -0.1) is 0 Å². The zero-order valence-corrected chi connectivity index (χ0v) is 15.4. The molecule has 2 aromatic rings. The summed E-state index contributed by atoms with van der Waals surface area (Å²) in [5.41, 5.74) is 7.88. The second kappa shape index (κ2) is 8.03. The van der Waals surface area contributed by atoms with Crippen LogP contribution in [0.2, 0.25) is 0 Å². The van der Waals surface area contributed by atoms with Crippen LogP contribution in [-0.2, 0) is 6.42 Å². The van der Waals surface area contributed by atoms with Gasteiger partial charge in [0.05, 0.1) is 0 Å². The normalized spacial score (nSPS) is 14.1. The van der Waals surface area contributed by atoms with Gasteiger partial charge in [0.25, 0.3) is 11.8 Å². The summed E-state index contributed by atoms with van der Waals surface area (Å²) >= 11 is 0. The quantitative estimate of drug-likeness (QED) is 0.899. The number of hydrogen-bond donors (Lipinski definition) is 1. The monoisotopic (exact) mass is 365 g/mol. The van der Waals surface area contributed by atoms with Crippen molar-refractivity contribution in [2.24, 2.45) is 5.73 Å². The van der Waals surface area contributed by atoms with E-state index in [-0.39, 0.29) is 11.8 Å². The molecule has 2 N–H and O–H groups in total. The van der Waals surface area contributed by atoms with Crippen LogP contribution < -0.4 is 5.73 Å². The van der Waals surface area contributed by atoms with Gasteiger partial charge in [0.1, 0.15) is 0 Å². The van der Waals surface area contributed by atoms with E-state index in [1.54, 1.807) is 28.0 Å². The molecule has 0 bridgehead atoms. The molecule has 140 valence electrons. The average Bonchev–Trinajstić information content (AvgIpc) is 2.73. The molecule has 0 aromatic heterocycles. The molecule has 2 aromatic carbocycles. The van der Waals surface area contributed by atoms with Crippen LogP contribution in [-0.4, -0.2) is 53.7 Å². The molecule has 6 heteroatoms. The zero-order valence-electron chi connectivity index (χ0n) is 15.4. The topological polar surface area (TPSA) is 83.7 Å². The SMILES string of the molecule is CCc1ccc(C(=O)N2CCN(C(=O)c3cccc(C(N)=O)c3)CC2)cc1. The first-order chi connectivity index (χ1) is 13.0. The molecule has 0 spiro atoms.